The fourth-order valence-electron chi connectivity index (χ4n) is 5.01. The Kier molecular flexibility index (Phi) is 8.13. The molecule has 7 N–H and O–H groups in total. The summed E-state index contributed by atoms with van der Waals surface area (Å²) in [5.41, 5.74) is 20.4. The largest absolute Gasteiger partial charge is 0.339 e. The predicted molar refractivity (Wildman–Crippen MR) is 141 cm³/mol. The number of nitrogens with one attached hydrogen (secondary N) is 1. The van der Waals surface area contributed by atoms with Crippen LogP contribution in [0, 0.1) is 0 Å². The van der Waals surface area contributed by atoms with Crippen LogP contribution in [-0.4, -0.2) is 74.5 Å². The molecular formula is C26H38N6O3S. The van der Waals surface area contributed by atoms with Gasteiger partial charge in [-0.15, -0.1) is 0 Å². The van der Waals surface area contributed by atoms with Gasteiger partial charge in [-0.25, -0.2) is 8.42 Å². The Morgan fingerprint density at radius 3 is 2.22 bits per heavy atom. The molecule has 2 aliphatic rings. The summed E-state index contributed by atoms with van der Waals surface area (Å²) in [6.07, 6.45) is 2.72. The van der Waals surface area contributed by atoms with Crippen molar-refractivity contribution in [1.29, 1.82) is 0 Å². The van der Waals surface area contributed by atoms with Crippen LogP contribution in [0.4, 0.5) is 0 Å². The fraction of sp³-hybridized carbons (Fsp3) is 0.500. The molecule has 1 aliphatic carbocycles. The standard InChI is InChI=1S/C26H38N6O3S/c1-31-13-15-32(16-14-31)36(34,35)23-10-8-21(9-11-23)20-6-4-19(5-7-20)17-24(28)30-25(33)26(29)12-2-3-22(27)18-26/h4-11,22,24H,2-3,12-18,27-29H2,1H3,(H,30,33)/t22?,24?,26-/m0/s1. The van der Waals surface area contributed by atoms with Crippen LogP contribution in [-0.2, 0) is 21.2 Å². The molecule has 2 aromatic carbocycles. The summed E-state index contributed by atoms with van der Waals surface area (Å²) in [5.74, 6) is -0.242. The zero-order valence-corrected chi connectivity index (χ0v) is 21.7. The SMILES string of the molecule is CN1CCN(S(=O)(=O)c2ccc(-c3ccc(CC(N)NC(=O)[C@]4(N)CCCC(N)C4)cc3)cc2)CC1. The molecule has 2 aromatic rings. The maximum atomic E-state index is 13.0. The summed E-state index contributed by atoms with van der Waals surface area (Å²) in [4.78, 5) is 15.1. The molecule has 0 radical (unpaired) electrons. The average molecular weight is 515 g/mol. The van der Waals surface area contributed by atoms with Gasteiger partial charge in [0.05, 0.1) is 16.6 Å². The van der Waals surface area contributed by atoms with Gasteiger partial charge in [-0.05, 0) is 61.6 Å². The summed E-state index contributed by atoms with van der Waals surface area (Å²) in [6.45, 7) is 2.48. The summed E-state index contributed by atoms with van der Waals surface area (Å²) < 4.78 is 27.5. The predicted octanol–water partition coefficient (Wildman–Crippen LogP) is 0.832. The molecule has 0 bridgehead atoms. The third kappa shape index (κ3) is 6.13. The van der Waals surface area contributed by atoms with Gasteiger partial charge in [0, 0.05) is 38.6 Å². The number of piperazine rings is 1. The van der Waals surface area contributed by atoms with E-state index in [2.05, 4.69) is 10.2 Å². The molecule has 10 heteroatoms. The molecule has 0 aromatic heterocycles. The Bertz CT molecular complexity index is 1150. The van der Waals surface area contributed by atoms with Crippen molar-refractivity contribution in [3.05, 3.63) is 54.1 Å². The van der Waals surface area contributed by atoms with Crippen LogP contribution < -0.4 is 22.5 Å². The Labute approximate surface area is 214 Å². The van der Waals surface area contributed by atoms with Gasteiger partial charge in [0.2, 0.25) is 15.9 Å². The number of carbonyl (C=O) groups is 1. The Balaban J connectivity index is 1.35. The minimum Gasteiger partial charge on any atom is -0.339 e. The highest BCUT2D eigenvalue weighted by molar-refractivity contribution is 7.89. The van der Waals surface area contributed by atoms with Gasteiger partial charge in [0.25, 0.3) is 0 Å². The molecule has 1 heterocycles. The van der Waals surface area contributed by atoms with Crippen LogP contribution in [0.5, 0.6) is 0 Å². The van der Waals surface area contributed by atoms with Gasteiger partial charge in [-0.1, -0.05) is 36.4 Å². The van der Waals surface area contributed by atoms with Crippen LogP contribution in [0.3, 0.4) is 0 Å². The summed E-state index contributed by atoms with van der Waals surface area (Å²) in [5, 5.41) is 2.85. The zero-order chi connectivity index (χ0) is 25.9. The van der Waals surface area contributed by atoms with E-state index in [9.17, 15) is 13.2 Å². The van der Waals surface area contributed by atoms with E-state index in [0.717, 1.165) is 42.6 Å². The van der Waals surface area contributed by atoms with E-state index in [1.54, 1.807) is 16.4 Å². The second-order valence-electron chi connectivity index (χ2n) is 10.2. The van der Waals surface area contributed by atoms with Crippen LogP contribution in [0.15, 0.2) is 53.4 Å². The maximum Gasteiger partial charge on any atom is 0.243 e. The molecule has 1 amide bonds. The molecule has 196 valence electrons. The molecule has 1 saturated carbocycles. The molecule has 2 fully saturated rings. The Morgan fingerprint density at radius 2 is 1.64 bits per heavy atom. The first kappa shape index (κ1) is 26.7. The lowest BCUT2D eigenvalue weighted by molar-refractivity contribution is -0.128. The van der Waals surface area contributed by atoms with E-state index in [4.69, 9.17) is 17.2 Å². The zero-order valence-electron chi connectivity index (χ0n) is 20.9. The van der Waals surface area contributed by atoms with Crippen LogP contribution in [0.1, 0.15) is 31.2 Å². The number of hydrogen-bond donors (Lipinski definition) is 4. The highest BCUT2D eigenvalue weighted by Gasteiger charge is 2.38. The Hall–Kier alpha value is -2.34. The lowest BCUT2D eigenvalue weighted by Crippen LogP contribution is -2.61. The van der Waals surface area contributed by atoms with Crippen molar-refractivity contribution in [2.75, 3.05) is 33.2 Å². The van der Waals surface area contributed by atoms with Gasteiger partial charge in [-0.2, -0.15) is 4.31 Å². The number of amides is 1. The molecule has 1 aliphatic heterocycles. The average Bonchev–Trinajstić information content (AvgIpc) is 2.84. The van der Waals surface area contributed by atoms with E-state index in [1.807, 2.05) is 43.4 Å². The van der Waals surface area contributed by atoms with Crippen LogP contribution >= 0.6 is 0 Å². The minimum atomic E-state index is -3.49. The molecule has 2 unspecified atom stereocenters. The minimum absolute atomic E-state index is 0.0563. The van der Waals surface area contributed by atoms with E-state index >= 15 is 0 Å². The third-order valence-corrected chi connectivity index (χ3v) is 9.20. The molecule has 0 spiro atoms. The first-order valence-corrected chi connectivity index (χ1v) is 14.0. The van der Waals surface area contributed by atoms with Gasteiger partial charge in [0.15, 0.2) is 0 Å². The number of likely N-dealkylation sites (N-methyl/N-ethyl adjacent to an activating group) is 1. The van der Waals surface area contributed by atoms with Gasteiger partial charge in [0.1, 0.15) is 0 Å². The lowest BCUT2D eigenvalue weighted by atomic mass is 9.79. The second-order valence-corrected chi connectivity index (χ2v) is 12.2. The summed E-state index contributed by atoms with van der Waals surface area (Å²) in [7, 11) is -1.49. The van der Waals surface area contributed by atoms with Crippen molar-refractivity contribution >= 4 is 15.9 Å². The van der Waals surface area contributed by atoms with Crippen molar-refractivity contribution in [3.8, 4) is 11.1 Å². The van der Waals surface area contributed by atoms with Gasteiger partial charge < -0.3 is 27.4 Å². The molecular weight excluding hydrogens is 476 g/mol. The van der Waals surface area contributed by atoms with Crippen molar-refractivity contribution in [2.24, 2.45) is 17.2 Å². The Morgan fingerprint density at radius 1 is 1.06 bits per heavy atom. The molecule has 9 nitrogen and oxygen atoms in total. The van der Waals surface area contributed by atoms with Crippen molar-refractivity contribution in [1.82, 2.24) is 14.5 Å². The lowest BCUT2D eigenvalue weighted by Gasteiger charge is -2.35. The smallest absolute Gasteiger partial charge is 0.243 e. The molecule has 36 heavy (non-hydrogen) atoms. The third-order valence-electron chi connectivity index (χ3n) is 7.29. The first-order valence-electron chi connectivity index (χ1n) is 12.6. The fourth-order valence-corrected chi connectivity index (χ4v) is 6.43. The van der Waals surface area contributed by atoms with Crippen LogP contribution in [0.25, 0.3) is 11.1 Å². The van der Waals surface area contributed by atoms with Crippen molar-refractivity contribution in [2.45, 2.75) is 54.7 Å². The summed E-state index contributed by atoms with van der Waals surface area (Å²) in [6, 6.07) is 14.8. The topological polar surface area (TPSA) is 148 Å². The second kappa shape index (κ2) is 11.0. The van der Waals surface area contributed by atoms with Gasteiger partial charge in [-0.3, -0.25) is 4.79 Å². The van der Waals surface area contributed by atoms with E-state index in [-0.39, 0.29) is 11.9 Å². The summed E-state index contributed by atoms with van der Waals surface area (Å²) >= 11 is 0. The van der Waals surface area contributed by atoms with E-state index < -0.39 is 21.7 Å². The number of carbonyl (C=O) groups excluding carboxylic acids is 1. The number of nitrogens with zero attached hydrogens (tertiary/aromatic N) is 2. The van der Waals surface area contributed by atoms with Crippen LogP contribution in [0.2, 0.25) is 0 Å². The number of hydrogen-bond acceptors (Lipinski definition) is 7. The highest BCUT2D eigenvalue weighted by Crippen LogP contribution is 2.26. The normalized spacial score (nSPS) is 24.8. The monoisotopic (exact) mass is 514 g/mol. The van der Waals surface area contributed by atoms with Gasteiger partial charge >= 0.3 is 0 Å². The number of benzene rings is 2. The maximum absolute atomic E-state index is 13.0. The first-order chi connectivity index (χ1) is 17.1. The van der Waals surface area contributed by atoms with E-state index in [0.29, 0.717) is 37.2 Å². The quantitative estimate of drug-likeness (QED) is 0.400. The number of sulfonamides is 1. The molecule has 4 rings (SSSR count). The number of rotatable bonds is 7. The number of nitrogens with two attached hydrogens (primary N) is 3. The molecule has 1 saturated heterocycles. The van der Waals surface area contributed by atoms with E-state index in [1.165, 1.54) is 0 Å². The molecule has 3 atom stereocenters. The van der Waals surface area contributed by atoms with Crippen molar-refractivity contribution in [3.63, 3.8) is 0 Å². The van der Waals surface area contributed by atoms with Crippen molar-refractivity contribution < 1.29 is 13.2 Å². The highest BCUT2D eigenvalue weighted by atomic mass is 32.2.